The van der Waals surface area contributed by atoms with Crippen LogP contribution in [0.15, 0.2) is 34.9 Å². The largest absolute Gasteiger partial charge is 0.441 e. The number of hydrogen-bond acceptors (Lipinski definition) is 5. The number of hydrogen-bond donors (Lipinski definition) is 1. The highest BCUT2D eigenvalue weighted by molar-refractivity contribution is 7.88. The number of aromatic nitrogens is 1. The van der Waals surface area contributed by atoms with Gasteiger partial charge in [-0.05, 0) is 30.9 Å². The monoisotopic (exact) mass is 409 g/mol. The molecular weight excluding hydrogens is 385 g/mol. The first-order valence-corrected chi connectivity index (χ1v) is 11.1. The van der Waals surface area contributed by atoms with Crippen molar-refractivity contribution in [2.45, 2.75) is 25.7 Å². The SMILES string of the molecule is CS(=O)(=O)N1CCC(CNC(=O)CCc2ncc(-c3ccccc3F)o2)CC1. The van der Waals surface area contributed by atoms with Crippen molar-refractivity contribution < 1.29 is 22.0 Å². The summed E-state index contributed by atoms with van der Waals surface area (Å²) in [6, 6.07) is 6.28. The lowest BCUT2D eigenvalue weighted by Gasteiger charge is -2.30. The van der Waals surface area contributed by atoms with E-state index in [-0.39, 0.29) is 24.1 Å². The van der Waals surface area contributed by atoms with E-state index in [4.69, 9.17) is 4.42 Å². The number of benzene rings is 1. The molecule has 1 fully saturated rings. The van der Waals surface area contributed by atoms with Gasteiger partial charge in [0.1, 0.15) is 5.82 Å². The van der Waals surface area contributed by atoms with E-state index in [9.17, 15) is 17.6 Å². The number of nitrogens with one attached hydrogen (secondary N) is 1. The average Bonchev–Trinajstić information content (AvgIpc) is 3.13. The van der Waals surface area contributed by atoms with E-state index < -0.39 is 10.0 Å². The number of halogens is 1. The minimum atomic E-state index is -3.14. The maximum atomic E-state index is 13.8. The number of oxazole rings is 1. The van der Waals surface area contributed by atoms with Gasteiger partial charge in [-0.15, -0.1) is 0 Å². The summed E-state index contributed by atoms with van der Waals surface area (Å²) in [7, 11) is -3.14. The van der Waals surface area contributed by atoms with Crippen molar-refractivity contribution in [3.8, 4) is 11.3 Å². The fourth-order valence-corrected chi connectivity index (χ4v) is 4.10. The number of sulfonamides is 1. The van der Waals surface area contributed by atoms with Crippen molar-refractivity contribution in [1.82, 2.24) is 14.6 Å². The molecule has 0 bridgehead atoms. The molecule has 28 heavy (non-hydrogen) atoms. The second-order valence-corrected chi connectivity index (χ2v) is 8.99. The van der Waals surface area contributed by atoms with Gasteiger partial charge in [-0.3, -0.25) is 4.79 Å². The van der Waals surface area contributed by atoms with Crippen LogP contribution in [0.1, 0.15) is 25.2 Å². The molecule has 0 radical (unpaired) electrons. The van der Waals surface area contributed by atoms with Crippen LogP contribution in [0.5, 0.6) is 0 Å². The van der Waals surface area contributed by atoms with Gasteiger partial charge in [0.15, 0.2) is 11.7 Å². The molecule has 1 saturated heterocycles. The van der Waals surface area contributed by atoms with Gasteiger partial charge < -0.3 is 9.73 Å². The lowest BCUT2D eigenvalue weighted by atomic mass is 9.98. The van der Waals surface area contributed by atoms with Crippen molar-refractivity contribution >= 4 is 15.9 Å². The molecule has 0 spiro atoms. The van der Waals surface area contributed by atoms with Crippen molar-refractivity contribution in [3.05, 3.63) is 42.2 Å². The summed E-state index contributed by atoms with van der Waals surface area (Å²) in [4.78, 5) is 16.2. The lowest BCUT2D eigenvalue weighted by molar-refractivity contribution is -0.121. The summed E-state index contributed by atoms with van der Waals surface area (Å²) >= 11 is 0. The molecule has 7 nitrogen and oxygen atoms in total. The third kappa shape index (κ3) is 5.39. The zero-order valence-corrected chi connectivity index (χ0v) is 16.5. The minimum absolute atomic E-state index is 0.115. The van der Waals surface area contributed by atoms with E-state index in [0.29, 0.717) is 43.3 Å². The van der Waals surface area contributed by atoms with E-state index in [2.05, 4.69) is 10.3 Å². The fourth-order valence-electron chi connectivity index (χ4n) is 3.22. The highest BCUT2D eigenvalue weighted by Crippen LogP contribution is 2.23. The van der Waals surface area contributed by atoms with Gasteiger partial charge in [0.05, 0.1) is 18.0 Å². The van der Waals surface area contributed by atoms with Crippen LogP contribution in [-0.4, -0.2) is 49.5 Å². The summed E-state index contributed by atoms with van der Waals surface area (Å²) in [5.41, 5.74) is 0.339. The normalized spacial score (nSPS) is 16.2. The number of nitrogens with zero attached hydrogens (tertiary/aromatic N) is 2. The highest BCUT2D eigenvalue weighted by Gasteiger charge is 2.25. The Hall–Kier alpha value is -2.26. The second kappa shape index (κ2) is 8.83. The van der Waals surface area contributed by atoms with Gasteiger partial charge >= 0.3 is 0 Å². The standard InChI is InChI=1S/C19H24FN3O4S/c1-28(25,26)23-10-8-14(9-11-23)12-21-18(24)6-7-19-22-13-17(27-19)15-4-2-3-5-16(15)20/h2-5,13-14H,6-12H2,1H3,(H,21,24). The van der Waals surface area contributed by atoms with Crippen LogP contribution < -0.4 is 5.32 Å². The van der Waals surface area contributed by atoms with E-state index in [1.807, 2.05) is 0 Å². The summed E-state index contributed by atoms with van der Waals surface area (Å²) < 4.78 is 43.8. The van der Waals surface area contributed by atoms with E-state index in [1.54, 1.807) is 18.2 Å². The molecule has 1 aromatic carbocycles. The smallest absolute Gasteiger partial charge is 0.220 e. The number of aryl methyl sites for hydroxylation is 1. The maximum Gasteiger partial charge on any atom is 0.220 e. The molecule has 1 aromatic heterocycles. The van der Waals surface area contributed by atoms with Gasteiger partial charge in [0.25, 0.3) is 0 Å². The zero-order valence-electron chi connectivity index (χ0n) is 15.7. The first kappa shape index (κ1) is 20.5. The average molecular weight is 409 g/mol. The third-order valence-electron chi connectivity index (χ3n) is 4.89. The molecule has 0 aliphatic carbocycles. The van der Waals surface area contributed by atoms with Gasteiger partial charge in [-0.1, -0.05) is 12.1 Å². The maximum absolute atomic E-state index is 13.8. The van der Waals surface area contributed by atoms with E-state index in [1.165, 1.54) is 22.8 Å². The summed E-state index contributed by atoms with van der Waals surface area (Å²) in [5.74, 6) is 0.499. The second-order valence-electron chi connectivity index (χ2n) is 7.01. The Kier molecular flexibility index (Phi) is 6.46. The highest BCUT2D eigenvalue weighted by atomic mass is 32.2. The van der Waals surface area contributed by atoms with E-state index >= 15 is 0 Å². The minimum Gasteiger partial charge on any atom is -0.441 e. The molecule has 1 amide bonds. The Morgan fingerprint density at radius 3 is 2.71 bits per heavy atom. The van der Waals surface area contributed by atoms with Gasteiger partial charge in [-0.2, -0.15) is 0 Å². The topological polar surface area (TPSA) is 92.5 Å². The molecule has 1 aliphatic heterocycles. The molecule has 2 heterocycles. The number of amides is 1. The molecular formula is C19H24FN3O4S. The van der Waals surface area contributed by atoms with Gasteiger partial charge in [-0.25, -0.2) is 22.1 Å². The molecule has 9 heteroatoms. The summed E-state index contributed by atoms with van der Waals surface area (Å²) in [5, 5.41) is 2.89. The first-order valence-electron chi connectivity index (χ1n) is 9.24. The van der Waals surface area contributed by atoms with Crippen molar-refractivity contribution in [2.24, 2.45) is 5.92 Å². The van der Waals surface area contributed by atoms with Crippen molar-refractivity contribution in [3.63, 3.8) is 0 Å². The third-order valence-corrected chi connectivity index (χ3v) is 6.19. The van der Waals surface area contributed by atoms with Crippen molar-refractivity contribution in [2.75, 3.05) is 25.9 Å². The Morgan fingerprint density at radius 2 is 2.04 bits per heavy atom. The molecule has 2 aromatic rings. The van der Waals surface area contributed by atoms with Gasteiger partial charge in [0.2, 0.25) is 15.9 Å². The van der Waals surface area contributed by atoms with Crippen LogP contribution in [0.2, 0.25) is 0 Å². The molecule has 1 aliphatic rings. The quantitative estimate of drug-likeness (QED) is 0.757. The van der Waals surface area contributed by atoms with E-state index in [0.717, 1.165) is 12.8 Å². The molecule has 0 unspecified atom stereocenters. The fraction of sp³-hybridized carbons (Fsp3) is 0.474. The van der Waals surface area contributed by atoms with Crippen LogP contribution in [0, 0.1) is 11.7 Å². The predicted molar refractivity (Wildman–Crippen MR) is 102 cm³/mol. The molecule has 152 valence electrons. The molecule has 0 atom stereocenters. The van der Waals surface area contributed by atoms with Crippen LogP contribution in [0.4, 0.5) is 4.39 Å². The Morgan fingerprint density at radius 1 is 1.32 bits per heavy atom. The Bertz CT molecular complexity index is 921. The molecule has 1 N–H and O–H groups in total. The lowest BCUT2D eigenvalue weighted by Crippen LogP contribution is -2.41. The van der Waals surface area contributed by atoms with Crippen LogP contribution in [0.3, 0.4) is 0 Å². The summed E-state index contributed by atoms with van der Waals surface area (Å²) in [6.45, 7) is 1.52. The van der Waals surface area contributed by atoms with Crippen LogP contribution in [-0.2, 0) is 21.2 Å². The molecule has 0 saturated carbocycles. The zero-order chi connectivity index (χ0) is 20.1. The molecule has 3 rings (SSSR count). The number of rotatable bonds is 7. The summed E-state index contributed by atoms with van der Waals surface area (Å²) in [6.07, 6.45) is 4.70. The van der Waals surface area contributed by atoms with Crippen LogP contribution >= 0.6 is 0 Å². The number of piperidine rings is 1. The Labute approximate surface area is 164 Å². The Balaban J connectivity index is 1.41. The van der Waals surface area contributed by atoms with Crippen LogP contribution in [0.25, 0.3) is 11.3 Å². The first-order chi connectivity index (χ1) is 13.3. The number of carbonyl (C=O) groups is 1. The van der Waals surface area contributed by atoms with Crippen molar-refractivity contribution in [1.29, 1.82) is 0 Å². The van der Waals surface area contributed by atoms with Gasteiger partial charge in [0, 0.05) is 32.5 Å². The number of carbonyl (C=O) groups excluding carboxylic acids is 1. The predicted octanol–water partition coefficient (Wildman–Crippen LogP) is 2.20.